The Balaban J connectivity index is 2.90. The number of carbonyl (C=O) groups excluding carboxylic acids is 2. The number of ether oxygens (including phenoxy) is 1. The quantitative estimate of drug-likeness (QED) is 0.661. The van der Waals surface area contributed by atoms with Crippen LogP contribution in [0.3, 0.4) is 0 Å². The second kappa shape index (κ2) is 9.82. The molecule has 1 N–H and O–H groups in total. The number of rotatable bonds is 9. The van der Waals surface area contributed by atoms with Crippen molar-refractivity contribution < 1.29 is 14.3 Å². The molecule has 0 aromatic rings. The fourth-order valence-corrected chi connectivity index (χ4v) is 2.86. The molecule has 0 radical (unpaired) electrons. The first-order valence-corrected chi connectivity index (χ1v) is 8.50. The number of methoxy groups -OCH3 is 1. The van der Waals surface area contributed by atoms with Gasteiger partial charge in [-0.15, -0.1) is 12.3 Å². The van der Waals surface area contributed by atoms with Crippen molar-refractivity contribution in [1.82, 2.24) is 10.2 Å². The first kappa shape index (κ1) is 19.8. The predicted octanol–water partition coefficient (Wildman–Crippen LogP) is 2.74. The summed E-state index contributed by atoms with van der Waals surface area (Å²) in [7, 11) is 1.60. The van der Waals surface area contributed by atoms with Crippen LogP contribution in [0.2, 0.25) is 0 Å². The van der Waals surface area contributed by atoms with Crippen LogP contribution in [0.15, 0.2) is 24.1 Å². The number of hydrogen-bond acceptors (Lipinski definition) is 3. The van der Waals surface area contributed by atoms with Crippen LogP contribution in [0.4, 0.5) is 0 Å². The highest BCUT2D eigenvalue weighted by atomic mass is 16.5. The Hall–Kier alpha value is -2.22. The van der Waals surface area contributed by atoms with Gasteiger partial charge in [0.05, 0.1) is 13.2 Å². The Labute approximate surface area is 145 Å². The van der Waals surface area contributed by atoms with Gasteiger partial charge in [0.1, 0.15) is 11.8 Å². The zero-order valence-corrected chi connectivity index (χ0v) is 14.9. The monoisotopic (exact) mass is 332 g/mol. The van der Waals surface area contributed by atoms with Crippen molar-refractivity contribution in [3.8, 4) is 12.3 Å². The van der Waals surface area contributed by atoms with E-state index in [9.17, 15) is 9.59 Å². The second-order valence-electron chi connectivity index (χ2n) is 5.87. The summed E-state index contributed by atoms with van der Waals surface area (Å²) in [5, 5.41) is 2.81. The lowest BCUT2D eigenvalue weighted by Crippen LogP contribution is -2.50. The van der Waals surface area contributed by atoms with Crippen molar-refractivity contribution in [1.29, 1.82) is 0 Å². The van der Waals surface area contributed by atoms with E-state index >= 15 is 0 Å². The van der Waals surface area contributed by atoms with Gasteiger partial charge in [-0.05, 0) is 12.8 Å². The highest BCUT2D eigenvalue weighted by Crippen LogP contribution is 2.30. The molecule has 2 atom stereocenters. The van der Waals surface area contributed by atoms with E-state index in [4.69, 9.17) is 11.2 Å². The molecule has 24 heavy (non-hydrogen) atoms. The minimum Gasteiger partial charge on any atom is -0.499 e. The van der Waals surface area contributed by atoms with Crippen LogP contribution in [0.5, 0.6) is 0 Å². The zero-order chi connectivity index (χ0) is 18.1. The number of nitrogens with one attached hydrogen (secondary N) is 1. The van der Waals surface area contributed by atoms with E-state index in [1.165, 1.54) is 0 Å². The van der Waals surface area contributed by atoms with Gasteiger partial charge in [0.2, 0.25) is 11.8 Å². The van der Waals surface area contributed by atoms with Crippen LogP contribution in [-0.4, -0.2) is 35.9 Å². The molecule has 0 saturated heterocycles. The fraction of sp³-hybridized carbons (Fsp3) is 0.579. The lowest BCUT2D eigenvalue weighted by Gasteiger charge is -2.30. The lowest BCUT2D eigenvalue weighted by atomic mass is 10.1. The smallest absolute Gasteiger partial charge is 0.250 e. The van der Waals surface area contributed by atoms with Gasteiger partial charge in [-0.1, -0.05) is 33.3 Å². The number of amides is 2. The Morgan fingerprint density at radius 1 is 1.46 bits per heavy atom. The van der Waals surface area contributed by atoms with Crippen molar-refractivity contribution in [2.45, 2.75) is 64.5 Å². The largest absolute Gasteiger partial charge is 0.499 e. The Morgan fingerprint density at radius 3 is 2.71 bits per heavy atom. The molecule has 2 amide bonds. The number of allylic oxidation sites excluding steroid dienone is 1. The van der Waals surface area contributed by atoms with E-state index in [0.29, 0.717) is 18.5 Å². The number of nitrogens with zero attached hydrogens (tertiary/aromatic N) is 1. The van der Waals surface area contributed by atoms with Gasteiger partial charge in [0.15, 0.2) is 0 Å². The molecule has 0 aromatic carbocycles. The van der Waals surface area contributed by atoms with Gasteiger partial charge in [0, 0.05) is 24.6 Å². The molecule has 0 spiro atoms. The minimum atomic E-state index is -0.569. The Morgan fingerprint density at radius 2 is 2.17 bits per heavy atom. The summed E-state index contributed by atoms with van der Waals surface area (Å²) >= 11 is 0. The molecule has 1 rings (SSSR count). The van der Waals surface area contributed by atoms with Gasteiger partial charge < -0.3 is 15.0 Å². The maximum Gasteiger partial charge on any atom is 0.250 e. The Kier molecular flexibility index (Phi) is 8.11. The fourth-order valence-electron chi connectivity index (χ4n) is 2.86. The summed E-state index contributed by atoms with van der Waals surface area (Å²) < 4.78 is 5.40. The third-order valence-corrected chi connectivity index (χ3v) is 4.00. The van der Waals surface area contributed by atoms with Crippen molar-refractivity contribution >= 4 is 11.8 Å². The molecule has 0 aromatic heterocycles. The summed E-state index contributed by atoms with van der Waals surface area (Å²) in [6, 6.07) is -0.719. The molecule has 1 aliphatic heterocycles. The first-order valence-electron chi connectivity index (χ1n) is 8.50. The maximum atomic E-state index is 13.0. The van der Waals surface area contributed by atoms with Gasteiger partial charge in [-0.25, -0.2) is 0 Å². The van der Waals surface area contributed by atoms with E-state index in [-0.39, 0.29) is 24.3 Å². The topological polar surface area (TPSA) is 58.6 Å². The number of terminal acetylenes is 1. The Bertz CT molecular complexity index is 545. The molecule has 5 heteroatoms. The number of hydrogen-bond donors (Lipinski definition) is 1. The molecule has 132 valence electrons. The standard InChI is InChI=1S/C19H28N2O3/c1-6-9-12-18(22)20-15(10-7-2)19(23)21-14(4)13-17(24-5)16(21)11-8-3/h1,13,15-16H,4,7-12H2,2-3,5H3,(H,20,22)/t15-,16+/m0/s1. The first-order chi connectivity index (χ1) is 11.5. The van der Waals surface area contributed by atoms with Crippen LogP contribution in [-0.2, 0) is 14.3 Å². The average Bonchev–Trinajstić information content (AvgIpc) is 2.87. The molecule has 0 bridgehead atoms. The maximum absolute atomic E-state index is 13.0. The highest BCUT2D eigenvalue weighted by Gasteiger charge is 2.37. The molecular formula is C19H28N2O3. The lowest BCUT2D eigenvalue weighted by molar-refractivity contribution is -0.136. The van der Waals surface area contributed by atoms with E-state index in [2.05, 4.69) is 24.7 Å². The molecule has 0 unspecified atom stereocenters. The summed E-state index contributed by atoms with van der Waals surface area (Å²) in [6.07, 6.45) is 10.6. The summed E-state index contributed by atoms with van der Waals surface area (Å²) in [4.78, 5) is 26.7. The average molecular weight is 332 g/mol. The van der Waals surface area contributed by atoms with Gasteiger partial charge in [-0.2, -0.15) is 0 Å². The van der Waals surface area contributed by atoms with Gasteiger partial charge >= 0.3 is 0 Å². The zero-order valence-electron chi connectivity index (χ0n) is 14.9. The normalized spacial score (nSPS) is 17.9. The molecule has 0 fully saturated rings. The van der Waals surface area contributed by atoms with Crippen molar-refractivity contribution in [2.24, 2.45) is 0 Å². The van der Waals surface area contributed by atoms with E-state index in [1.54, 1.807) is 18.1 Å². The van der Waals surface area contributed by atoms with Crippen LogP contribution in [0, 0.1) is 12.3 Å². The molecule has 0 saturated carbocycles. The molecule has 0 aliphatic carbocycles. The minimum absolute atomic E-state index is 0.141. The number of carbonyl (C=O) groups is 2. The van der Waals surface area contributed by atoms with Crippen molar-refractivity contribution in [2.75, 3.05) is 7.11 Å². The highest BCUT2D eigenvalue weighted by molar-refractivity contribution is 5.89. The van der Waals surface area contributed by atoms with E-state index in [1.807, 2.05) is 6.92 Å². The van der Waals surface area contributed by atoms with Crippen LogP contribution >= 0.6 is 0 Å². The van der Waals surface area contributed by atoms with Crippen molar-refractivity contribution in [3.63, 3.8) is 0 Å². The third kappa shape index (κ3) is 4.89. The van der Waals surface area contributed by atoms with Gasteiger partial charge in [-0.3, -0.25) is 9.59 Å². The van der Waals surface area contributed by atoms with E-state index < -0.39 is 6.04 Å². The van der Waals surface area contributed by atoms with Crippen molar-refractivity contribution in [3.05, 3.63) is 24.1 Å². The predicted molar refractivity (Wildman–Crippen MR) is 94.7 cm³/mol. The van der Waals surface area contributed by atoms with Crippen LogP contribution in [0.1, 0.15) is 52.4 Å². The molecule has 5 nitrogen and oxygen atoms in total. The molecular weight excluding hydrogens is 304 g/mol. The summed E-state index contributed by atoms with van der Waals surface area (Å²) in [5.41, 5.74) is 0.606. The molecule has 1 heterocycles. The summed E-state index contributed by atoms with van der Waals surface area (Å²) in [6.45, 7) is 8.01. The van der Waals surface area contributed by atoms with Crippen LogP contribution < -0.4 is 5.32 Å². The van der Waals surface area contributed by atoms with E-state index in [0.717, 1.165) is 25.0 Å². The third-order valence-electron chi connectivity index (χ3n) is 4.00. The summed E-state index contributed by atoms with van der Waals surface area (Å²) in [5.74, 6) is 2.84. The van der Waals surface area contributed by atoms with Crippen LogP contribution in [0.25, 0.3) is 0 Å². The van der Waals surface area contributed by atoms with Gasteiger partial charge in [0.25, 0.3) is 0 Å². The SMILES string of the molecule is C#CCCC(=O)N[C@@H](CCC)C(=O)N1C(=C)C=C(OC)[C@H]1CCC. The second-order valence-corrected chi connectivity index (χ2v) is 5.87. The molecule has 1 aliphatic rings.